The van der Waals surface area contributed by atoms with Crippen LogP contribution in [0.2, 0.25) is 0 Å². The topological polar surface area (TPSA) is 21.3 Å². The van der Waals surface area contributed by atoms with Gasteiger partial charge in [0.05, 0.1) is 0 Å². The smallest absolute Gasteiger partial charge is 0.176 e. The van der Waals surface area contributed by atoms with Gasteiger partial charge in [-0.2, -0.15) is 0 Å². The average Bonchev–Trinajstić information content (AvgIpc) is 2.55. The standard InChI is InChI=1S/C18H15NO/c1-2-7-14(8-3-1)18-19-12-16-15-9-5-4-6-13(15)10-11-17(16)20-18/h1-11,18-19H,12H2/t18-/m1/s1. The van der Waals surface area contributed by atoms with Crippen LogP contribution in [-0.2, 0) is 6.54 Å². The lowest BCUT2D eigenvalue weighted by molar-refractivity contribution is 0.145. The monoisotopic (exact) mass is 261 g/mol. The van der Waals surface area contributed by atoms with Crippen molar-refractivity contribution in [2.75, 3.05) is 0 Å². The van der Waals surface area contributed by atoms with Gasteiger partial charge in [0, 0.05) is 17.7 Å². The Morgan fingerprint density at radius 1 is 0.850 bits per heavy atom. The number of ether oxygens (including phenoxy) is 1. The lowest BCUT2D eigenvalue weighted by atomic mass is 10.0. The van der Waals surface area contributed by atoms with Gasteiger partial charge in [-0.15, -0.1) is 0 Å². The third-order valence-electron chi connectivity index (χ3n) is 3.81. The first-order valence-electron chi connectivity index (χ1n) is 6.87. The van der Waals surface area contributed by atoms with Crippen molar-refractivity contribution in [2.45, 2.75) is 12.8 Å². The molecule has 98 valence electrons. The zero-order valence-corrected chi connectivity index (χ0v) is 11.0. The summed E-state index contributed by atoms with van der Waals surface area (Å²) >= 11 is 0. The Hall–Kier alpha value is -2.32. The Balaban J connectivity index is 1.75. The molecule has 1 heterocycles. The molecule has 2 nitrogen and oxygen atoms in total. The second-order valence-corrected chi connectivity index (χ2v) is 5.05. The van der Waals surface area contributed by atoms with Crippen LogP contribution in [0.15, 0.2) is 66.7 Å². The molecule has 3 aromatic carbocycles. The number of nitrogens with one attached hydrogen (secondary N) is 1. The first-order chi connectivity index (χ1) is 9.92. The summed E-state index contributed by atoms with van der Waals surface area (Å²) in [5, 5.41) is 5.99. The fraction of sp³-hybridized carbons (Fsp3) is 0.111. The van der Waals surface area contributed by atoms with Crippen molar-refractivity contribution >= 4 is 10.8 Å². The summed E-state index contributed by atoms with van der Waals surface area (Å²) in [6.07, 6.45) is -0.0649. The van der Waals surface area contributed by atoms with E-state index < -0.39 is 0 Å². The second kappa shape index (κ2) is 4.66. The normalized spacial score (nSPS) is 17.5. The van der Waals surface area contributed by atoms with Gasteiger partial charge in [0.15, 0.2) is 6.23 Å². The number of hydrogen-bond donors (Lipinski definition) is 1. The SMILES string of the molecule is c1ccc([C@@H]2NCc3c(ccc4ccccc34)O2)cc1. The highest BCUT2D eigenvalue weighted by molar-refractivity contribution is 5.87. The largest absolute Gasteiger partial charge is 0.471 e. The molecule has 0 amide bonds. The number of benzene rings is 3. The predicted molar refractivity (Wildman–Crippen MR) is 80.6 cm³/mol. The molecule has 0 radical (unpaired) electrons. The zero-order chi connectivity index (χ0) is 13.4. The van der Waals surface area contributed by atoms with E-state index in [1.165, 1.54) is 16.3 Å². The quantitative estimate of drug-likeness (QED) is 0.714. The van der Waals surface area contributed by atoms with Gasteiger partial charge in [-0.3, -0.25) is 5.32 Å². The van der Waals surface area contributed by atoms with E-state index in [9.17, 15) is 0 Å². The van der Waals surface area contributed by atoms with Crippen LogP contribution in [0.25, 0.3) is 10.8 Å². The summed E-state index contributed by atoms with van der Waals surface area (Å²) in [5.41, 5.74) is 2.40. The molecule has 1 N–H and O–H groups in total. The van der Waals surface area contributed by atoms with Gasteiger partial charge in [0.1, 0.15) is 5.75 Å². The molecular formula is C18H15NO. The highest BCUT2D eigenvalue weighted by Crippen LogP contribution is 2.34. The molecule has 3 aromatic rings. The van der Waals surface area contributed by atoms with Gasteiger partial charge in [-0.25, -0.2) is 0 Å². The van der Waals surface area contributed by atoms with Gasteiger partial charge in [-0.05, 0) is 16.8 Å². The van der Waals surface area contributed by atoms with Crippen LogP contribution in [0.4, 0.5) is 0 Å². The van der Waals surface area contributed by atoms with Gasteiger partial charge in [-0.1, -0.05) is 60.7 Å². The van der Waals surface area contributed by atoms with E-state index in [1.807, 2.05) is 18.2 Å². The molecule has 20 heavy (non-hydrogen) atoms. The van der Waals surface area contributed by atoms with Gasteiger partial charge in [0.2, 0.25) is 0 Å². The minimum absolute atomic E-state index is 0.0649. The Morgan fingerprint density at radius 2 is 1.65 bits per heavy atom. The Labute approximate surface area is 118 Å². The van der Waals surface area contributed by atoms with Crippen LogP contribution in [0.5, 0.6) is 5.75 Å². The molecule has 0 spiro atoms. The third kappa shape index (κ3) is 1.86. The van der Waals surface area contributed by atoms with Crippen molar-refractivity contribution in [2.24, 2.45) is 0 Å². The lowest BCUT2D eigenvalue weighted by Gasteiger charge is -2.28. The molecule has 4 rings (SSSR count). The minimum Gasteiger partial charge on any atom is -0.471 e. The molecule has 2 heteroatoms. The van der Waals surface area contributed by atoms with Crippen LogP contribution in [0.1, 0.15) is 17.4 Å². The maximum atomic E-state index is 6.11. The molecule has 0 fully saturated rings. The van der Waals surface area contributed by atoms with E-state index in [1.54, 1.807) is 0 Å². The van der Waals surface area contributed by atoms with Crippen LogP contribution >= 0.6 is 0 Å². The maximum Gasteiger partial charge on any atom is 0.176 e. The molecule has 1 aliphatic rings. The maximum absolute atomic E-state index is 6.11. The summed E-state index contributed by atoms with van der Waals surface area (Å²) in [4.78, 5) is 0. The first-order valence-corrected chi connectivity index (χ1v) is 6.87. The first kappa shape index (κ1) is 11.5. The Kier molecular flexibility index (Phi) is 2.68. The van der Waals surface area contributed by atoms with Crippen molar-refractivity contribution in [3.63, 3.8) is 0 Å². The summed E-state index contributed by atoms with van der Waals surface area (Å²) in [7, 11) is 0. The molecule has 0 bridgehead atoms. The van der Waals surface area contributed by atoms with E-state index >= 15 is 0 Å². The molecule has 0 aromatic heterocycles. The van der Waals surface area contributed by atoms with Crippen molar-refractivity contribution in [3.8, 4) is 5.75 Å². The minimum atomic E-state index is -0.0649. The summed E-state index contributed by atoms with van der Waals surface area (Å²) in [6, 6.07) is 22.9. The molecule has 1 atom stereocenters. The van der Waals surface area contributed by atoms with E-state index in [0.717, 1.165) is 17.9 Å². The summed E-state index contributed by atoms with van der Waals surface area (Å²) < 4.78 is 6.11. The number of hydrogen-bond acceptors (Lipinski definition) is 2. The summed E-state index contributed by atoms with van der Waals surface area (Å²) in [6.45, 7) is 0.830. The summed E-state index contributed by atoms with van der Waals surface area (Å²) in [5.74, 6) is 0.983. The molecule has 0 aliphatic carbocycles. The average molecular weight is 261 g/mol. The number of rotatable bonds is 1. The van der Waals surface area contributed by atoms with Crippen molar-refractivity contribution < 1.29 is 4.74 Å². The van der Waals surface area contributed by atoms with Crippen molar-refractivity contribution in [3.05, 3.63) is 77.9 Å². The zero-order valence-electron chi connectivity index (χ0n) is 11.0. The van der Waals surface area contributed by atoms with E-state index in [-0.39, 0.29) is 6.23 Å². The fourth-order valence-corrected chi connectivity index (χ4v) is 2.79. The van der Waals surface area contributed by atoms with E-state index in [4.69, 9.17) is 4.74 Å². The van der Waals surface area contributed by atoms with Crippen molar-refractivity contribution in [1.82, 2.24) is 5.32 Å². The van der Waals surface area contributed by atoms with Crippen LogP contribution < -0.4 is 10.1 Å². The van der Waals surface area contributed by atoms with Gasteiger partial charge >= 0.3 is 0 Å². The third-order valence-corrected chi connectivity index (χ3v) is 3.81. The van der Waals surface area contributed by atoms with E-state index in [0.29, 0.717) is 0 Å². The van der Waals surface area contributed by atoms with Crippen molar-refractivity contribution in [1.29, 1.82) is 0 Å². The highest BCUT2D eigenvalue weighted by Gasteiger charge is 2.21. The second-order valence-electron chi connectivity index (χ2n) is 5.05. The number of fused-ring (bicyclic) bond motifs is 3. The Morgan fingerprint density at radius 3 is 2.55 bits per heavy atom. The van der Waals surface area contributed by atoms with E-state index in [2.05, 4.69) is 53.8 Å². The van der Waals surface area contributed by atoms with Crippen LogP contribution in [-0.4, -0.2) is 0 Å². The molecule has 1 aliphatic heterocycles. The van der Waals surface area contributed by atoms with Crippen LogP contribution in [0.3, 0.4) is 0 Å². The van der Waals surface area contributed by atoms with Gasteiger partial charge in [0.25, 0.3) is 0 Å². The molecule has 0 saturated heterocycles. The lowest BCUT2D eigenvalue weighted by Crippen LogP contribution is -2.30. The molecule has 0 saturated carbocycles. The highest BCUT2D eigenvalue weighted by atomic mass is 16.5. The molecular weight excluding hydrogens is 246 g/mol. The fourth-order valence-electron chi connectivity index (χ4n) is 2.79. The van der Waals surface area contributed by atoms with Gasteiger partial charge < -0.3 is 4.74 Å². The Bertz CT molecular complexity index is 752. The molecule has 0 unspecified atom stereocenters. The van der Waals surface area contributed by atoms with Crippen LogP contribution in [0, 0.1) is 0 Å². The predicted octanol–water partition coefficient (Wildman–Crippen LogP) is 4.02.